The molecule has 0 aromatic heterocycles. The summed E-state index contributed by atoms with van der Waals surface area (Å²) in [5.41, 5.74) is -1.45. The minimum Gasteiger partial charge on any atom is -0.504 e. The predicted octanol–water partition coefficient (Wildman–Crippen LogP) is 2.39. The topological polar surface area (TPSA) is 125 Å². The number of sulfonamides is 1. The second kappa shape index (κ2) is 8.78. The van der Waals surface area contributed by atoms with Crippen LogP contribution in [0.1, 0.15) is 33.1 Å². The molecule has 3 atom stereocenters. The molecule has 0 amide bonds. The highest BCUT2D eigenvalue weighted by molar-refractivity contribution is 7.89. The Morgan fingerprint density at radius 1 is 1.23 bits per heavy atom. The van der Waals surface area contributed by atoms with Crippen LogP contribution in [0.25, 0.3) is 0 Å². The third kappa shape index (κ3) is 4.30. The summed E-state index contributed by atoms with van der Waals surface area (Å²) in [5.74, 6) is -0.639. The number of anilines is 3. The Hall–Kier alpha value is -2.14. The number of hydrogen-bond donors (Lipinski definition) is 3. The summed E-state index contributed by atoms with van der Waals surface area (Å²) >= 11 is 6.01. The summed E-state index contributed by atoms with van der Waals surface area (Å²) in [5, 5.41) is 16.2. The number of phenolic OH excluding ortho intramolecular Hbond substituents is 1. The van der Waals surface area contributed by atoms with Gasteiger partial charge in [0.2, 0.25) is 10.0 Å². The second-order valence-corrected chi connectivity index (χ2v) is 10.3. The van der Waals surface area contributed by atoms with E-state index in [4.69, 9.17) is 16.3 Å². The molecule has 1 aliphatic heterocycles. The summed E-state index contributed by atoms with van der Waals surface area (Å²) in [6.07, 6.45) is 2.48. The number of aromatic hydroxyl groups is 1. The van der Waals surface area contributed by atoms with E-state index in [1.54, 1.807) is 0 Å². The normalized spacial score (nSPS) is 20.3. The van der Waals surface area contributed by atoms with Crippen molar-refractivity contribution in [3.05, 3.63) is 37.6 Å². The van der Waals surface area contributed by atoms with E-state index in [9.17, 15) is 23.1 Å². The Morgan fingerprint density at radius 2 is 1.87 bits per heavy atom. The van der Waals surface area contributed by atoms with Crippen LogP contribution in [0.15, 0.2) is 26.6 Å². The molecule has 0 radical (unpaired) electrons. The molecular formula is C20H26ClN3O6S. The molecule has 0 aliphatic carbocycles. The number of halogens is 1. The minimum atomic E-state index is -4.05. The maximum Gasteiger partial charge on any atom is 0.253 e. The van der Waals surface area contributed by atoms with E-state index in [1.165, 1.54) is 26.2 Å². The van der Waals surface area contributed by atoms with Crippen LogP contribution in [0.3, 0.4) is 0 Å². The lowest BCUT2D eigenvalue weighted by atomic mass is 10.0. The molecule has 31 heavy (non-hydrogen) atoms. The van der Waals surface area contributed by atoms with Crippen LogP contribution in [0.5, 0.6) is 5.75 Å². The molecule has 0 unspecified atom stereocenters. The molecule has 170 valence electrons. The number of phenols is 1. The first-order valence-electron chi connectivity index (χ1n) is 9.95. The summed E-state index contributed by atoms with van der Waals surface area (Å²) in [7, 11) is -1.44. The standard InChI is InChI=1S/C20H26ClN3O6S/c1-5-12(14-9-6-10(2)30-14)22-15-16(19(27)18(15)26)23-13-8-7-11(21)20(17(13)25)31(28,29)24(3)4/h7-8,10,12,14,22-23,25H,5-6,9H2,1-4H3/t10-,12-,14-/m1/s1. The van der Waals surface area contributed by atoms with Gasteiger partial charge in [-0.2, -0.15) is 0 Å². The molecule has 1 saturated heterocycles. The molecule has 3 N–H and O–H groups in total. The molecular weight excluding hydrogens is 446 g/mol. The summed E-state index contributed by atoms with van der Waals surface area (Å²) < 4.78 is 31.8. The van der Waals surface area contributed by atoms with Gasteiger partial charge in [0.25, 0.3) is 10.9 Å². The molecule has 1 aliphatic rings. The Labute approximate surface area is 185 Å². The first kappa shape index (κ1) is 23.5. The molecule has 0 spiro atoms. The fraction of sp³-hybridized carbons (Fsp3) is 0.500. The van der Waals surface area contributed by atoms with Crippen LogP contribution in [0.2, 0.25) is 5.02 Å². The molecule has 2 aromatic rings. The fourth-order valence-electron chi connectivity index (χ4n) is 3.63. The first-order valence-corrected chi connectivity index (χ1v) is 11.8. The van der Waals surface area contributed by atoms with Gasteiger partial charge in [0.15, 0.2) is 5.75 Å². The second-order valence-electron chi connectivity index (χ2n) is 7.81. The van der Waals surface area contributed by atoms with Crippen molar-refractivity contribution < 1.29 is 18.3 Å². The SMILES string of the molecule is CC[C@@H](Nc1c(Nc2ccc(Cl)c(S(=O)(=O)N(C)C)c2O)c(=O)c1=O)[C@H]1CC[C@@H](C)O1. The van der Waals surface area contributed by atoms with Gasteiger partial charge in [-0.25, -0.2) is 12.7 Å². The molecule has 1 heterocycles. The number of hydrogen-bond acceptors (Lipinski definition) is 8. The zero-order chi connectivity index (χ0) is 23.1. The zero-order valence-corrected chi connectivity index (χ0v) is 19.3. The molecule has 1 fully saturated rings. The maximum absolute atomic E-state index is 12.5. The Kier molecular flexibility index (Phi) is 6.66. The Balaban J connectivity index is 1.93. The lowest BCUT2D eigenvalue weighted by Crippen LogP contribution is -2.42. The number of benzene rings is 1. The Morgan fingerprint density at radius 3 is 2.42 bits per heavy atom. The third-order valence-corrected chi connectivity index (χ3v) is 7.79. The summed E-state index contributed by atoms with van der Waals surface area (Å²) in [4.78, 5) is 23.9. The summed E-state index contributed by atoms with van der Waals surface area (Å²) in [6.45, 7) is 3.94. The fourth-order valence-corrected chi connectivity index (χ4v) is 5.11. The smallest absolute Gasteiger partial charge is 0.253 e. The van der Waals surface area contributed by atoms with Crippen LogP contribution >= 0.6 is 11.6 Å². The van der Waals surface area contributed by atoms with Crippen LogP contribution in [0, 0.1) is 0 Å². The van der Waals surface area contributed by atoms with Crippen LogP contribution in [0.4, 0.5) is 17.1 Å². The highest BCUT2D eigenvalue weighted by Gasteiger charge is 2.32. The van der Waals surface area contributed by atoms with Crippen molar-refractivity contribution in [3.8, 4) is 5.75 Å². The van der Waals surface area contributed by atoms with E-state index in [-0.39, 0.29) is 40.3 Å². The van der Waals surface area contributed by atoms with E-state index in [1.807, 2.05) is 13.8 Å². The van der Waals surface area contributed by atoms with Gasteiger partial charge in [0, 0.05) is 14.1 Å². The lowest BCUT2D eigenvalue weighted by Gasteiger charge is -2.26. The van der Waals surface area contributed by atoms with Gasteiger partial charge in [-0.15, -0.1) is 0 Å². The largest absolute Gasteiger partial charge is 0.504 e. The van der Waals surface area contributed by atoms with Gasteiger partial charge in [-0.05, 0) is 38.3 Å². The minimum absolute atomic E-state index is 0.0414. The number of nitrogens with zero attached hydrogens (tertiary/aromatic N) is 1. The van der Waals surface area contributed by atoms with E-state index < -0.39 is 31.5 Å². The lowest BCUT2D eigenvalue weighted by molar-refractivity contribution is 0.0438. The van der Waals surface area contributed by atoms with Crippen LogP contribution in [-0.2, 0) is 14.8 Å². The molecule has 9 nitrogen and oxygen atoms in total. The van der Waals surface area contributed by atoms with E-state index in [2.05, 4.69) is 10.6 Å². The van der Waals surface area contributed by atoms with Crippen molar-refractivity contribution in [1.29, 1.82) is 0 Å². The maximum atomic E-state index is 12.5. The van der Waals surface area contributed by atoms with Crippen molar-refractivity contribution in [2.75, 3.05) is 24.7 Å². The number of rotatable bonds is 8. The van der Waals surface area contributed by atoms with Gasteiger partial charge in [0.1, 0.15) is 16.3 Å². The third-order valence-electron chi connectivity index (χ3n) is 5.48. The van der Waals surface area contributed by atoms with Gasteiger partial charge in [-0.3, -0.25) is 9.59 Å². The highest BCUT2D eigenvalue weighted by Crippen LogP contribution is 2.39. The van der Waals surface area contributed by atoms with Gasteiger partial charge in [0.05, 0.1) is 29.0 Å². The molecule has 3 rings (SSSR count). The van der Waals surface area contributed by atoms with Crippen molar-refractivity contribution in [2.45, 2.75) is 56.3 Å². The number of nitrogens with one attached hydrogen (secondary N) is 2. The van der Waals surface area contributed by atoms with Crippen LogP contribution in [-0.4, -0.2) is 50.2 Å². The van der Waals surface area contributed by atoms with E-state index in [0.717, 1.165) is 17.1 Å². The van der Waals surface area contributed by atoms with Crippen molar-refractivity contribution >= 4 is 38.7 Å². The molecule has 11 heteroatoms. The van der Waals surface area contributed by atoms with Crippen molar-refractivity contribution in [1.82, 2.24) is 4.31 Å². The van der Waals surface area contributed by atoms with Gasteiger partial charge >= 0.3 is 0 Å². The quantitative estimate of drug-likeness (QED) is 0.396. The van der Waals surface area contributed by atoms with Crippen molar-refractivity contribution in [2.24, 2.45) is 0 Å². The van der Waals surface area contributed by atoms with E-state index in [0.29, 0.717) is 6.42 Å². The Bertz CT molecular complexity index is 1160. The molecule has 0 bridgehead atoms. The highest BCUT2D eigenvalue weighted by atomic mass is 35.5. The van der Waals surface area contributed by atoms with Gasteiger partial charge in [-0.1, -0.05) is 18.5 Å². The first-order chi connectivity index (χ1) is 14.5. The number of ether oxygens (including phenoxy) is 1. The predicted molar refractivity (Wildman–Crippen MR) is 120 cm³/mol. The molecule has 2 aromatic carbocycles. The molecule has 0 saturated carbocycles. The van der Waals surface area contributed by atoms with E-state index >= 15 is 0 Å². The zero-order valence-electron chi connectivity index (χ0n) is 17.7. The van der Waals surface area contributed by atoms with Crippen molar-refractivity contribution in [3.63, 3.8) is 0 Å². The van der Waals surface area contributed by atoms with Gasteiger partial charge < -0.3 is 20.5 Å². The average molecular weight is 472 g/mol. The monoisotopic (exact) mass is 471 g/mol. The average Bonchev–Trinajstić information content (AvgIpc) is 3.14. The van der Waals surface area contributed by atoms with Crippen LogP contribution < -0.4 is 21.5 Å². The summed E-state index contributed by atoms with van der Waals surface area (Å²) in [6, 6.07) is 2.46.